The van der Waals surface area contributed by atoms with Gasteiger partial charge >= 0.3 is 0 Å². The molecule has 0 unspecified atom stereocenters. The molecule has 1 aromatic carbocycles. The fourth-order valence-electron chi connectivity index (χ4n) is 2.21. The molecule has 0 radical (unpaired) electrons. The Morgan fingerprint density at radius 3 is 2.67 bits per heavy atom. The Bertz CT molecular complexity index is 682. The number of aromatic nitrogens is 2. The summed E-state index contributed by atoms with van der Waals surface area (Å²) in [7, 11) is 1.91. The van der Waals surface area contributed by atoms with Gasteiger partial charge in [0.25, 0.3) is 5.69 Å². The van der Waals surface area contributed by atoms with Gasteiger partial charge in [-0.25, -0.2) is 0 Å². The Labute approximate surface area is 127 Å². The van der Waals surface area contributed by atoms with Gasteiger partial charge in [0.15, 0.2) is 0 Å². The minimum atomic E-state index is -0.471. The lowest BCUT2D eigenvalue weighted by Gasteiger charge is -2.06. The molecular weight excluding hydrogens is 292 g/mol. The molecule has 2 aromatic rings. The van der Waals surface area contributed by atoms with Gasteiger partial charge in [0.1, 0.15) is 5.02 Å². The summed E-state index contributed by atoms with van der Waals surface area (Å²) in [4.78, 5) is 10.4. The molecule has 21 heavy (non-hydrogen) atoms. The van der Waals surface area contributed by atoms with Crippen molar-refractivity contribution in [2.24, 2.45) is 7.05 Å². The third-order valence-corrected chi connectivity index (χ3v) is 3.82. The molecule has 0 spiro atoms. The maximum absolute atomic E-state index is 10.9. The van der Waals surface area contributed by atoms with Crippen LogP contribution >= 0.6 is 11.6 Å². The van der Waals surface area contributed by atoms with E-state index >= 15 is 0 Å². The summed E-state index contributed by atoms with van der Waals surface area (Å²) in [6, 6.07) is 4.83. The molecule has 1 heterocycles. The van der Waals surface area contributed by atoms with E-state index in [1.807, 2.05) is 25.6 Å². The number of hydrogen-bond donors (Lipinski definition) is 1. The van der Waals surface area contributed by atoms with Gasteiger partial charge < -0.3 is 5.32 Å². The van der Waals surface area contributed by atoms with Gasteiger partial charge in [-0.1, -0.05) is 17.7 Å². The topological polar surface area (TPSA) is 73.0 Å². The van der Waals surface area contributed by atoms with Crippen molar-refractivity contribution in [3.8, 4) is 0 Å². The predicted octanol–water partition coefficient (Wildman–Crippen LogP) is 2.89. The molecule has 112 valence electrons. The van der Waals surface area contributed by atoms with E-state index in [2.05, 4.69) is 10.4 Å². The monoisotopic (exact) mass is 308 g/mol. The maximum atomic E-state index is 10.9. The van der Waals surface area contributed by atoms with Crippen LogP contribution in [0.3, 0.4) is 0 Å². The summed E-state index contributed by atoms with van der Waals surface area (Å²) in [6.45, 7) is 5.19. The SMILES string of the molecule is Cc1nn(C)c(C)c1CNCc1ccc(Cl)c([N+](=O)[O-])c1. The largest absolute Gasteiger partial charge is 0.308 e. The van der Waals surface area contributed by atoms with Crippen molar-refractivity contribution in [2.75, 3.05) is 0 Å². The second-order valence-electron chi connectivity index (χ2n) is 4.92. The number of nitro groups is 1. The normalized spacial score (nSPS) is 10.9. The van der Waals surface area contributed by atoms with Crippen molar-refractivity contribution < 1.29 is 4.92 Å². The molecule has 0 bridgehead atoms. The third kappa shape index (κ3) is 3.40. The average molecular weight is 309 g/mol. The first-order chi connectivity index (χ1) is 9.90. The van der Waals surface area contributed by atoms with Gasteiger partial charge in [0.05, 0.1) is 10.6 Å². The summed E-state index contributed by atoms with van der Waals surface area (Å²) in [5.41, 5.74) is 4.02. The number of nitro benzene ring substituents is 1. The highest BCUT2D eigenvalue weighted by molar-refractivity contribution is 6.32. The lowest BCUT2D eigenvalue weighted by atomic mass is 10.1. The molecular formula is C14H17ClN4O2. The number of aryl methyl sites for hydroxylation is 2. The lowest BCUT2D eigenvalue weighted by molar-refractivity contribution is -0.384. The molecule has 0 atom stereocenters. The standard InChI is InChI=1S/C14H17ClN4O2/c1-9-12(10(2)18(3)17-9)8-16-7-11-4-5-13(15)14(6-11)19(20)21/h4-6,16H,7-8H2,1-3H3. The molecule has 0 fully saturated rings. The third-order valence-electron chi connectivity index (χ3n) is 3.50. The number of nitrogens with zero attached hydrogens (tertiary/aromatic N) is 3. The zero-order chi connectivity index (χ0) is 15.6. The van der Waals surface area contributed by atoms with Crippen LogP contribution in [0.1, 0.15) is 22.5 Å². The highest BCUT2D eigenvalue weighted by atomic mass is 35.5. The summed E-state index contributed by atoms with van der Waals surface area (Å²) in [6.07, 6.45) is 0. The minimum absolute atomic E-state index is 0.0651. The second kappa shape index (κ2) is 6.24. The van der Waals surface area contributed by atoms with Crippen LogP contribution in [0.15, 0.2) is 18.2 Å². The van der Waals surface area contributed by atoms with Crippen LogP contribution in [-0.4, -0.2) is 14.7 Å². The second-order valence-corrected chi connectivity index (χ2v) is 5.33. The van der Waals surface area contributed by atoms with Crippen LogP contribution in [-0.2, 0) is 20.1 Å². The number of hydrogen-bond acceptors (Lipinski definition) is 4. The average Bonchev–Trinajstić information content (AvgIpc) is 2.66. The van der Waals surface area contributed by atoms with E-state index < -0.39 is 4.92 Å². The molecule has 6 nitrogen and oxygen atoms in total. The van der Waals surface area contributed by atoms with Crippen LogP contribution in [0.5, 0.6) is 0 Å². The minimum Gasteiger partial charge on any atom is -0.308 e. The van der Waals surface area contributed by atoms with Crippen molar-refractivity contribution in [1.29, 1.82) is 0 Å². The van der Waals surface area contributed by atoms with Gasteiger partial charge in [0, 0.05) is 37.5 Å². The summed E-state index contributed by atoms with van der Waals surface area (Å²) >= 11 is 5.79. The molecule has 2 rings (SSSR count). The highest BCUT2D eigenvalue weighted by Gasteiger charge is 2.13. The summed E-state index contributed by atoms with van der Waals surface area (Å²) in [5.74, 6) is 0. The van der Waals surface area contributed by atoms with Crippen molar-refractivity contribution in [2.45, 2.75) is 26.9 Å². The molecule has 1 N–H and O–H groups in total. The van der Waals surface area contributed by atoms with Crippen LogP contribution in [0.2, 0.25) is 5.02 Å². The van der Waals surface area contributed by atoms with Gasteiger partial charge in [-0.05, 0) is 25.5 Å². The first-order valence-electron chi connectivity index (χ1n) is 6.52. The molecule has 0 amide bonds. The van der Waals surface area contributed by atoms with Crippen molar-refractivity contribution in [3.63, 3.8) is 0 Å². The smallest absolute Gasteiger partial charge is 0.288 e. The first-order valence-corrected chi connectivity index (χ1v) is 6.90. The molecule has 0 saturated carbocycles. The van der Waals surface area contributed by atoms with E-state index in [4.69, 9.17) is 11.6 Å². The first kappa shape index (κ1) is 15.5. The Hall–Kier alpha value is -1.92. The molecule has 0 saturated heterocycles. The Morgan fingerprint density at radius 2 is 2.10 bits per heavy atom. The van der Waals surface area contributed by atoms with E-state index in [1.165, 1.54) is 6.07 Å². The Morgan fingerprint density at radius 1 is 1.38 bits per heavy atom. The van der Waals surface area contributed by atoms with Crippen molar-refractivity contribution in [1.82, 2.24) is 15.1 Å². The number of halogens is 1. The summed E-state index contributed by atoms with van der Waals surface area (Å²) < 4.78 is 1.85. The molecule has 7 heteroatoms. The van der Waals surface area contributed by atoms with Crippen LogP contribution < -0.4 is 5.32 Å². The summed E-state index contributed by atoms with van der Waals surface area (Å²) in [5, 5.41) is 18.6. The Kier molecular flexibility index (Phi) is 4.59. The van der Waals surface area contributed by atoms with E-state index in [9.17, 15) is 10.1 Å². The molecule has 1 aromatic heterocycles. The van der Waals surface area contributed by atoms with Crippen molar-refractivity contribution >= 4 is 17.3 Å². The fourth-order valence-corrected chi connectivity index (χ4v) is 2.40. The molecule has 0 aliphatic heterocycles. The van der Waals surface area contributed by atoms with Crippen LogP contribution in [0.25, 0.3) is 0 Å². The maximum Gasteiger partial charge on any atom is 0.288 e. The Balaban J connectivity index is 2.04. The van der Waals surface area contributed by atoms with E-state index in [0.29, 0.717) is 13.1 Å². The number of benzene rings is 1. The van der Waals surface area contributed by atoms with Crippen LogP contribution in [0, 0.1) is 24.0 Å². The highest BCUT2D eigenvalue weighted by Crippen LogP contribution is 2.25. The van der Waals surface area contributed by atoms with Gasteiger partial charge in [-0.2, -0.15) is 5.10 Å². The fraction of sp³-hybridized carbons (Fsp3) is 0.357. The number of nitrogens with one attached hydrogen (secondary N) is 1. The van der Waals surface area contributed by atoms with E-state index in [0.717, 1.165) is 22.5 Å². The quantitative estimate of drug-likeness (QED) is 0.681. The molecule has 0 aliphatic carbocycles. The van der Waals surface area contributed by atoms with Crippen LogP contribution in [0.4, 0.5) is 5.69 Å². The zero-order valence-electron chi connectivity index (χ0n) is 12.2. The van der Waals surface area contributed by atoms with E-state index in [-0.39, 0.29) is 10.7 Å². The zero-order valence-corrected chi connectivity index (χ0v) is 12.9. The van der Waals surface area contributed by atoms with E-state index in [1.54, 1.807) is 12.1 Å². The van der Waals surface area contributed by atoms with Gasteiger partial charge in [-0.15, -0.1) is 0 Å². The van der Waals surface area contributed by atoms with Crippen molar-refractivity contribution in [3.05, 3.63) is 55.9 Å². The predicted molar refractivity (Wildman–Crippen MR) is 81.3 cm³/mol. The molecule has 0 aliphatic rings. The van der Waals surface area contributed by atoms with Gasteiger partial charge in [-0.3, -0.25) is 14.8 Å². The number of rotatable bonds is 5. The van der Waals surface area contributed by atoms with Gasteiger partial charge in [0.2, 0.25) is 0 Å². The lowest BCUT2D eigenvalue weighted by Crippen LogP contribution is -2.14.